The molecule has 2 heterocycles. The van der Waals surface area contributed by atoms with Crippen LogP contribution < -0.4 is 4.90 Å². The molecule has 0 unspecified atom stereocenters. The van der Waals surface area contributed by atoms with Crippen LogP contribution in [-0.4, -0.2) is 58.6 Å². The standard InChI is InChI=1S/C21H26F3N3O4/c1-5-26-17(29)27(15-8-6-14(7-9-15)21(22,23)24)16(28)20(26)10-12-25(13-11-20)18(30)31-19(2,3)4/h6-9H,5,10-13H2,1-4H3. The second kappa shape index (κ2) is 7.72. The molecule has 4 amide bonds. The summed E-state index contributed by atoms with van der Waals surface area (Å²) in [4.78, 5) is 42.6. The van der Waals surface area contributed by atoms with E-state index in [0.717, 1.165) is 29.2 Å². The molecule has 7 nitrogen and oxygen atoms in total. The van der Waals surface area contributed by atoms with E-state index in [9.17, 15) is 27.6 Å². The molecule has 2 aliphatic heterocycles. The Bertz CT molecular complexity index is 869. The summed E-state index contributed by atoms with van der Waals surface area (Å²) < 4.78 is 44.0. The van der Waals surface area contributed by atoms with Crippen LogP contribution in [0.15, 0.2) is 24.3 Å². The molecule has 1 aromatic carbocycles. The third-order valence-corrected chi connectivity index (χ3v) is 5.55. The van der Waals surface area contributed by atoms with Crippen LogP contribution in [0.25, 0.3) is 0 Å². The fourth-order valence-corrected chi connectivity index (χ4v) is 4.05. The smallest absolute Gasteiger partial charge is 0.416 e. The number of likely N-dealkylation sites (N-methyl/N-ethyl adjacent to an activating group) is 1. The van der Waals surface area contributed by atoms with Gasteiger partial charge in [0.15, 0.2) is 0 Å². The molecule has 0 aliphatic carbocycles. The van der Waals surface area contributed by atoms with E-state index in [-0.39, 0.29) is 38.2 Å². The summed E-state index contributed by atoms with van der Waals surface area (Å²) in [7, 11) is 0. The largest absolute Gasteiger partial charge is 0.444 e. The summed E-state index contributed by atoms with van der Waals surface area (Å²) in [6.07, 6.45) is -4.55. The number of ether oxygens (including phenoxy) is 1. The number of carbonyl (C=O) groups is 3. The van der Waals surface area contributed by atoms with Gasteiger partial charge in [-0.15, -0.1) is 0 Å². The van der Waals surface area contributed by atoms with Crippen molar-refractivity contribution in [1.82, 2.24) is 9.80 Å². The highest BCUT2D eigenvalue weighted by Gasteiger charge is 2.58. The molecular weight excluding hydrogens is 415 g/mol. The van der Waals surface area contributed by atoms with Crippen molar-refractivity contribution in [1.29, 1.82) is 0 Å². The van der Waals surface area contributed by atoms with Crippen LogP contribution in [0.5, 0.6) is 0 Å². The Morgan fingerprint density at radius 1 is 1.06 bits per heavy atom. The molecule has 170 valence electrons. The van der Waals surface area contributed by atoms with Gasteiger partial charge in [0.1, 0.15) is 11.1 Å². The van der Waals surface area contributed by atoms with Crippen LogP contribution in [-0.2, 0) is 15.7 Å². The van der Waals surface area contributed by atoms with E-state index in [2.05, 4.69) is 0 Å². The highest BCUT2D eigenvalue weighted by molar-refractivity contribution is 6.23. The monoisotopic (exact) mass is 441 g/mol. The van der Waals surface area contributed by atoms with Gasteiger partial charge in [0.2, 0.25) is 0 Å². The molecule has 1 spiro atoms. The SMILES string of the molecule is CCN1C(=O)N(c2ccc(C(F)(F)F)cc2)C(=O)C12CCN(C(=O)OC(C)(C)C)CC2. The molecule has 2 aliphatic rings. The fraction of sp³-hybridized carbons (Fsp3) is 0.571. The first-order chi connectivity index (χ1) is 14.3. The second-order valence-corrected chi connectivity index (χ2v) is 8.71. The fourth-order valence-electron chi connectivity index (χ4n) is 4.05. The first kappa shape index (κ1) is 22.9. The third kappa shape index (κ3) is 4.20. The van der Waals surface area contributed by atoms with Crippen molar-refractivity contribution in [2.24, 2.45) is 0 Å². The normalized spacial score (nSPS) is 19.4. The number of nitrogens with zero attached hydrogens (tertiary/aromatic N) is 3. The van der Waals surface area contributed by atoms with Crippen molar-refractivity contribution in [2.45, 2.75) is 57.9 Å². The number of anilines is 1. The summed E-state index contributed by atoms with van der Waals surface area (Å²) >= 11 is 0. The molecule has 0 radical (unpaired) electrons. The first-order valence-corrected chi connectivity index (χ1v) is 10.1. The quantitative estimate of drug-likeness (QED) is 0.643. The maximum absolute atomic E-state index is 13.4. The minimum atomic E-state index is -4.51. The molecule has 0 atom stereocenters. The number of piperidine rings is 1. The molecule has 1 aromatic rings. The number of alkyl halides is 3. The number of hydrogen-bond acceptors (Lipinski definition) is 4. The summed E-state index contributed by atoms with van der Waals surface area (Å²) in [5.41, 5.74) is -2.55. The maximum Gasteiger partial charge on any atom is 0.416 e. The number of hydrogen-bond donors (Lipinski definition) is 0. The second-order valence-electron chi connectivity index (χ2n) is 8.71. The van der Waals surface area contributed by atoms with Gasteiger partial charge in [-0.05, 0) is 64.8 Å². The summed E-state index contributed by atoms with van der Waals surface area (Å²) in [6, 6.07) is 3.38. The number of imide groups is 1. The molecular formula is C21H26F3N3O4. The van der Waals surface area contributed by atoms with Crippen LogP contribution in [0.2, 0.25) is 0 Å². The van der Waals surface area contributed by atoms with Crippen molar-refractivity contribution in [3.05, 3.63) is 29.8 Å². The molecule has 2 fully saturated rings. The number of rotatable bonds is 2. The van der Waals surface area contributed by atoms with E-state index < -0.39 is 40.9 Å². The molecule has 0 bridgehead atoms. The first-order valence-electron chi connectivity index (χ1n) is 10.1. The Balaban J connectivity index is 1.82. The summed E-state index contributed by atoms with van der Waals surface area (Å²) in [6.45, 7) is 7.73. The van der Waals surface area contributed by atoms with Gasteiger partial charge >= 0.3 is 18.3 Å². The van der Waals surface area contributed by atoms with Gasteiger partial charge in [0.05, 0.1) is 11.3 Å². The van der Waals surface area contributed by atoms with Gasteiger partial charge in [-0.2, -0.15) is 13.2 Å². The van der Waals surface area contributed by atoms with Gasteiger partial charge in [-0.3, -0.25) is 4.79 Å². The van der Waals surface area contributed by atoms with E-state index in [4.69, 9.17) is 4.74 Å². The van der Waals surface area contributed by atoms with Gasteiger partial charge < -0.3 is 14.5 Å². The summed E-state index contributed by atoms with van der Waals surface area (Å²) in [5, 5.41) is 0. The molecule has 0 N–H and O–H groups in total. The lowest BCUT2D eigenvalue weighted by atomic mass is 9.86. The molecule has 3 rings (SSSR count). The predicted octanol–water partition coefficient (Wildman–Crippen LogP) is 4.26. The number of likely N-dealkylation sites (tertiary alicyclic amines) is 1. The van der Waals surface area contributed by atoms with Crippen molar-refractivity contribution >= 4 is 23.7 Å². The lowest BCUT2D eigenvalue weighted by molar-refractivity contribution is -0.137. The Morgan fingerprint density at radius 2 is 1.61 bits per heavy atom. The van der Waals surface area contributed by atoms with E-state index in [1.54, 1.807) is 27.7 Å². The van der Waals surface area contributed by atoms with Gasteiger partial charge in [0.25, 0.3) is 5.91 Å². The topological polar surface area (TPSA) is 70.2 Å². The van der Waals surface area contributed by atoms with Crippen LogP contribution in [0.1, 0.15) is 46.1 Å². The van der Waals surface area contributed by atoms with E-state index in [1.807, 2.05) is 0 Å². The number of carbonyl (C=O) groups excluding carboxylic acids is 3. The Labute approximate surface area is 178 Å². The predicted molar refractivity (Wildman–Crippen MR) is 106 cm³/mol. The lowest BCUT2D eigenvalue weighted by Gasteiger charge is -2.41. The highest BCUT2D eigenvalue weighted by Crippen LogP contribution is 2.40. The van der Waals surface area contributed by atoms with Crippen LogP contribution in [0.4, 0.5) is 28.4 Å². The number of benzene rings is 1. The minimum absolute atomic E-state index is 0.0906. The lowest BCUT2D eigenvalue weighted by Crippen LogP contribution is -2.57. The number of urea groups is 1. The molecule has 2 saturated heterocycles. The zero-order valence-electron chi connectivity index (χ0n) is 18.0. The Morgan fingerprint density at radius 3 is 2.06 bits per heavy atom. The molecule has 31 heavy (non-hydrogen) atoms. The zero-order chi connectivity index (χ0) is 23.2. The Kier molecular flexibility index (Phi) is 5.70. The van der Waals surface area contributed by atoms with Crippen LogP contribution in [0, 0.1) is 0 Å². The molecule has 0 aromatic heterocycles. The van der Waals surface area contributed by atoms with Gasteiger partial charge in [-0.1, -0.05) is 0 Å². The zero-order valence-corrected chi connectivity index (χ0v) is 18.0. The van der Waals surface area contributed by atoms with Crippen LogP contribution >= 0.6 is 0 Å². The molecule has 0 saturated carbocycles. The number of halogens is 3. The minimum Gasteiger partial charge on any atom is -0.444 e. The Hall–Kier alpha value is -2.78. The van der Waals surface area contributed by atoms with E-state index in [0.29, 0.717) is 0 Å². The number of amides is 4. The maximum atomic E-state index is 13.4. The van der Waals surface area contributed by atoms with Crippen molar-refractivity contribution in [3.8, 4) is 0 Å². The van der Waals surface area contributed by atoms with E-state index >= 15 is 0 Å². The average Bonchev–Trinajstić information content (AvgIpc) is 2.86. The van der Waals surface area contributed by atoms with Crippen LogP contribution in [0.3, 0.4) is 0 Å². The molecule has 10 heteroatoms. The van der Waals surface area contributed by atoms with Crippen molar-refractivity contribution in [3.63, 3.8) is 0 Å². The van der Waals surface area contributed by atoms with Crippen molar-refractivity contribution in [2.75, 3.05) is 24.5 Å². The van der Waals surface area contributed by atoms with Gasteiger partial charge in [0, 0.05) is 19.6 Å². The van der Waals surface area contributed by atoms with E-state index in [1.165, 1.54) is 9.80 Å². The summed E-state index contributed by atoms with van der Waals surface area (Å²) in [5.74, 6) is -0.483. The average molecular weight is 441 g/mol. The van der Waals surface area contributed by atoms with Crippen molar-refractivity contribution < 1.29 is 32.3 Å². The highest BCUT2D eigenvalue weighted by atomic mass is 19.4. The third-order valence-electron chi connectivity index (χ3n) is 5.55. The van der Waals surface area contributed by atoms with Gasteiger partial charge in [-0.25, -0.2) is 14.5 Å².